The van der Waals surface area contributed by atoms with Crippen molar-refractivity contribution in [3.05, 3.63) is 47.3 Å². The molecule has 0 fully saturated rings. The van der Waals surface area contributed by atoms with Crippen molar-refractivity contribution in [1.29, 1.82) is 0 Å². The number of halogens is 3. The predicted molar refractivity (Wildman–Crippen MR) is 119 cm³/mol. The lowest BCUT2D eigenvalue weighted by Crippen LogP contribution is -2.36. The average molecular weight is 521 g/mol. The molecule has 2 aromatic rings. The summed E-state index contributed by atoms with van der Waals surface area (Å²) in [6, 6.07) is 2.94. The molecule has 35 heavy (non-hydrogen) atoms. The highest BCUT2D eigenvalue weighted by atomic mass is 31.2. The molecule has 0 amide bonds. The van der Waals surface area contributed by atoms with Crippen molar-refractivity contribution in [1.82, 2.24) is 10.1 Å². The van der Waals surface area contributed by atoms with Gasteiger partial charge in [-0.3, -0.25) is 14.3 Å². The maximum atomic E-state index is 13.5. The van der Waals surface area contributed by atoms with E-state index in [1.807, 2.05) is 0 Å². The van der Waals surface area contributed by atoms with Crippen LogP contribution in [0.25, 0.3) is 0 Å². The maximum Gasteiger partial charge on any atom is 0.573 e. The van der Waals surface area contributed by atoms with Crippen LogP contribution in [0.4, 0.5) is 13.2 Å². The Kier molecular flexibility index (Phi) is 9.50. The number of carbonyl (C=O) groups excluding carboxylic acids is 1. The zero-order chi connectivity index (χ0) is 26.4. The second-order valence-electron chi connectivity index (χ2n) is 7.62. The number of nitrogens with two attached hydrogens (primary N) is 1. The lowest BCUT2D eigenvalue weighted by atomic mass is 10.1. The Labute approximate surface area is 200 Å². The summed E-state index contributed by atoms with van der Waals surface area (Å²) >= 11 is 0. The number of esters is 1. The highest BCUT2D eigenvalue weighted by Gasteiger charge is 2.34. The van der Waals surface area contributed by atoms with Gasteiger partial charge in [0.1, 0.15) is 23.3 Å². The number of hydrogen-bond donors (Lipinski definition) is 3. The SMILES string of the molecule is Cc1ncc(COP(=O)(N[C@@H](C)C(=O)OC(C)C)Oc2ccc(OC(F)(F)F)cc2)c(CN)c1O. The van der Waals surface area contributed by atoms with Crippen LogP contribution in [0.5, 0.6) is 17.2 Å². The minimum absolute atomic E-state index is 0.0652. The van der Waals surface area contributed by atoms with Crippen molar-refractivity contribution in [2.45, 2.75) is 59.4 Å². The summed E-state index contributed by atoms with van der Waals surface area (Å²) in [5, 5.41) is 12.6. The van der Waals surface area contributed by atoms with Gasteiger partial charge >= 0.3 is 20.1 Å². The van der Waals surface area contributed by atoms with Gasteiger partial charge in [0.25, 0.3) is 0 Å². The Morgan fingerprint density at radius 3 is 2.34 bits per heavy atom. The monoisotopic (exact) mass is 521 g/mol. The van der Waals surface area contributed by atoms with E-state index in [-0.39, 0.29) is 18.0 Å². The Hall–Kier alpha value is -2.86. The molecule has 1 aromatic heterocycles. The van der Waals surface area contributed by atoms with Gasteiger partial charge < -0.3 is 24.8 Å². The highest BCUT2D eigenvalue weighted by molar-refractivity contribution is 7.52. The van der Waals surface area contributed by atoms with Crippen LogP contribution in [0.3, 0.4) is 0 Å². The standard InChI is InChI=1S/C21H27F3N3O7P/c1-12(2)32-20(29)14(4)27-35(30,31-11-15-10-26-13(3)19(28)18(15)9-25)34-17-7-5-16(6-8-17)33-21(22,23)24/h5-8,10,12,14,28H,9,11,25H2,1-4H3,(H,27,30)/t14-,35?/m0/s1. The third-order valence-corrected chi connectivity index (χ3v) is 5.99. The maximum absolute atomic E-state index is 13.5. The Bertz CT molecular complexity index is 1070. The molecule has 0 aliphatic heterocycles. The molecule has 0 saturated heterocycles. The molecule has 1 unspecified atom stereocenters. The predicted octanol–water partition coefficient (Wildman–Crippen LogP) is 4.09. The van der Waals surface area contributed by atoms with Crippen molar-refractivity contribution in [3.8, 4) is 17.2 Å². The first-order valence-electron chi connectivity index (χ1n) is 10.4. The number of benzene rings is 1. The van der Waals surface area contributed by atoms with E-state index in [2.05, 4.69) is 14.8 Å². The average Bonchev–Trinajstić information content (AvgIpc) is 2.74. The highest BCUT2D eigenvalue weighted by Crippen LogP contribution is 2.46. The van der Waals surface area contributed by atoms with E-state index < -0.39 is 44.6 Å². The minimum Gasteiger partial charge on any atom is -0.506 e. The van der Waals surface area contributed by atoms with Crippen LogP contribution in [0.2, 0.25) is 0 Å². The lowest BCUT2D eigenvalue weighted by Gasteiger charge is -2.24. The lowest BCUT2D eigenvalue weighted by molar-refractivity contribution is -0.274. The van der Waals surface area contributed by atoms with Gasteiger partial charge in [0.2, 0.25) is 0 Å². The van der Waals surface area contributed by atoms with Crippen LogP contribution in [0, 0.1) is 6.92 Å². The van der Waals surface area contributed by atoms with Crippen molar-refractivity contribution >= 4 is 13.7 Å². The van der Waals surface area contributed by atoms with Crippen molar-refractivity contribution < 1.29 is 46.2 Å². The van der Waals surface area contributed by atoms with Crippen molar-refractivity contribution in [3.63, 3.8) is 0 Å². The van der Waals surface area contributed by atoms with Gasteiger partial charge in [-0.15, -0.1) is 13.2 Å². The number of nitrogens with zero attached hydrogens (tertiary/aromatic N) is 1. The van der Waals surface area contributed by atoms with Crippen LogP contribution >= 0.6 is 7.75 Å². The number of hydrogen-bond acceptors (Lipinski definition) is 9. The fraction of sp³-hybridized carbons (Fsp3) is 0.429. The van der Waals surface area contributed by atoms with Crippen LogP contribution in [-0.4, -0.2) is 34.6 Å². The molecule has 0 radical (unpaired) electrons. The number of carbonyl (C=O) groups is 1. The molecule has 0 spiro atoms. The number of rotatable bonds is 11. The summed E-state index contributed by atoms with van der Waals surface area (Å²) < 4.78 is 70.5. The molecular weight excluding hydrogens is 494 g/mol. The fourth-order valence-electron chi connectivity index (χ4n) is 2.75. The number of aromatic nitrogens is 1. The summed E-state index contributed by atoms with van der Waals surface area (Å²) in [7, 11) is -4.34. The zero-order valence-electron chi connectivity index (χ0n) is 19.5. The van der Waals surface area contributed by atoms with E-state index in [1.54, 1.807) is 20.8 Å². The van der Waals surface area contributed by atoms with E-state index in [1.165, 1.54) is 13.1 Å². The van der Waals surface area contributed by atoms with Gasteiger partial charge in [-0.2, -0.15) is 5.09 Å². The largest absolute Gasteiger partial charge is 0.573 e. The van der Waals surface area contributed by atoms with E-state index >= 15 is 0 Å². The van der Waals surface area contributed by atoms with Crippen LogP contribution < -0.4 is 20.1 Å². The third-order valence-electron chi connectivity index (χ3n) is 4.36. The molecule has 0 bridgehead atoms. The molecule has 14 heteroatoms. The summed E-state index contributed by atoms with van der Waals surface area (Å²) in [4.78, 5) is 16.2. The number of alkyl halides is 3. The Morgan fingerprint density at radius 1 is 1.20 bits per heavy atom. The molecule has 0 saturated carbocycles. The quantitative estimate of drug-likeness (QED) is 0.292. The Morgan fingerprint density at radius 2 is 1.80 bits per heavy atom. The van der Waals surface area contributed by atoms with Crippen molar-refractivity contribution in [2.24, 2.45) is 5.73 Å². The zero-order valence-corrected chi connectivity index (χ0v) is 20.4. The van der Waals surface area contributed by atoms with E-state index in [0.29, 0.717) is 16.8 Å². The molecule has 194 valence electrons. The van der Waals surface area contributed by atoms with Gasteiger partial charge in [-0.05, 0) is 52.0 Å². The van der Waals surface area contributed by atoms with E-state index in [0.717, 1.165) is 24.3 Å². The first-order chi connectivity index (χ1) is 16.2. The van der Waals surface area contributed by atoms with Gasteiger partial charge in [-0.1, -0.05) is 0 Å². The number of pyridine rings is 1. The van der Waals surface area contributed by atoms with Gasteiger partial charge in [-0.25, -0.2) is 4.57 Å². The van der Waals surface area contributed by atoms with Gasteiger partial charge in [0.05, 0.1) is 18.4 Å². The second-order valence-corrected chi connectivity index (χ2v) is 9.31. The molecule has 2 atom stereocenters. The van der Waals surface area contributed by atoms with E-state index in [9.17, 15) is 27.6 Å². The third kappa shape index (κ3) is 8.70. The molecular formula is C21H27F3N3O7P. The topological polar surface area (TPSA) is 142 Å². The Balaban J connectivity index is 2.28. The summed E-state index contributed by atoms with van der Waals surface area (Å²) in [6.07, 6.45) is -3.95. The van der Waals surface area contributed by atoms with Crippen molar-refractivity contribution in [2.75, 3.05) is 0 Å². The number of aryl methyl sites for hydroxylation is 1. The molecule has 0 aliphatic rings. The van der Waals surface area contributed by atoms with Crippen LogP contribution in [-0.2, 0) is 31.8 Å². The first-order valence-corrected chi connectivity index (χ1v) is 11.9. The number of aromatic hydroxyl groups is 1. The normalized spacial score (nSPS) is 14.3. The van der Waals surface area contributed by atoms with Gasteiger partial charge in [0.15, 0.2) is 0 Å². The summed E-state index contributed by atoms with van der Waals surface area (Å²) in [5.41, 5.74) is 6.65. The van der Waals surface area contributed by atoms with E-state index in [4.69, 9.17) is 19.5 Å². The van der Waals surface area contributed by atoms with Crippen LogP contribution in [0.1, 0.15) is 37.6 Å². The molecule has 1 heterocycles. The minimum atomic E-state index is -4.89. The smallest absolute Gasteiger partial charge is 0.506 e. The molecule has 10 nitrogen and oxygen atoms in total. The summed E-state index contributed by atoms with van der Waals surface area (Å²) in [5.74, 6) is -1.54. The second kappa shape index (κ2) is 11.7. The fourth-order valence-corrected chi connectivity index (χ4v) is 4.21. The molecule has 2 rings (SSSR count). The molecule has 0 aliphatic carbocycles. The molecule has 4 N–H and O–H groups in total. The molecule has 1 aromatic carbocycles. The first kappa shape index (κ1) is 28.4. The van der Waals surface area contributed by atoms with Gasteiger partial charge in [0, 0.05) is 23.9 Å². The summed E-state index contributed by atoms with van der Waals surface area (Å²) in [6.45, 7) is 5.75. The van der Waals surface area contributed by atoms with Crippen LogP contribution in [0.15, 0.2) is 30.5 Å². The number of nitrogens with one attached hydrogen (secondary N) is 1. The number of ether oxygens (including phenoxy) is 2.